The molecular formula is C28H28N4O3. The number of imidazole rings is 1. The number of nitrogens with one attached hydrogen (secondary N) is 2. The first kappa shape index (κ1) is 22.5. The lowest BCUT2D eigenvalue weighted by Gasteiger charge is -2.31. The highest BCUT2D eigenvalue weighted by Gasteiger charge is 2.34. The van der Waals surface area contributed by atoms with Gasteiger partial charge in [-0.05, 0) is 60.9 Å². The first-order valence-corrected chi connectivity index (χ1v) is 11.6. The molecule has 7 nitrogen and oxygen atoms in total. The van der Waals surface area contributed by atoms with Crippen LogP contribution in [0.1, 0.15) is 31.0 Å². The average molecular weight is 469 g/mol. The number of allylic oxidation sites excluding steroid dienone is 1. The molecule has 0 spiro atoms. The summed E-state index contributed by atoms with van der Waals surface area (Å²) >= 11 is 0. The maximum absolute atomic E-state index is 13.8. The standard InChI is InChI=1S/C28H28N4O3/c1-5-18-10-13-20(14-11-18)30-27(33)25-17(2)29-28-31-21-8-6-7-9-22(21)32(28)26(25)19-12-15-23(34-3)24(16-19)35-4/h6-16,26H,5H2,1-4H3,(H,29,31)(H,30,33)/t26-/m1/s1. The number of methoxy groups -OCH3 is 2. The number of hydrogen-bond donors (Lipinski definition) is 2. The van der Waals surface area contributed by atoms with Crippen molar-refractivity contribution >= 4 is 28.6 Å². The lowest BCUT2D eigenvalue weighted by atomic mass is 9.94. The zero-order valence-electron chi connectivity index (χ0n) is 20.3. The minimum absolute atomic E-state index is 0.178. The van der Waals surface area contributed by atoms with Gasteiger partial charge in [-0.3, -0.25) is 9.36 Å². The molecule has 178 valence electrons. The van der Waals surface area contributed by atoms with Crippen molar-refractivity contribution in [3.05, 3.63) is 89.1 Å². The Morgan fingerprint density at radius 1 is 1.03 bits per heavy atom. The Morgan fingerprint density at radius 2 is 1.77 bits per heavy atom. The van der Waals surface area contributed by atoms with Crippen LogP contribution in [0, 0.1) is 0 Å². The third-order valence-electron chi connectivity index (χ3n) is 6.42. The quantitative estimate of drug-likeness (QED) is 0.388. The monoisotopic (exact) mass is 468 g/mol. The van der Waals surface area contributed by atoms with Crippen LogP contribution in [-0.2, 0) is 11.2 Å². The van der Waals surface area contributed by atoms with Gasteiger partial charge in [0.05, 0.1) is 36.9 Å². The van der Waals surface area contributed by atoms with Gasteiger partial charge in [-0.2, -0.15) is 0 Å². The molecule has 0 radical (unpaired) electrons. The van der Waals surface area contributed by atoms with Crippen LogP contribution in [0.25, 0.3) is 11.0 Å². The molecule has 0 fully saturated rings. The van der Waals surface area contributed by atoms with E-state index in [9.17, 15) is 4.79 Å². The number of anilines is 2. The number of amides is 1. The van der Waals surface area contributed by atoms with E-state index in [1.807, 2.05) is 73.7 Å². The van der Waals surface area contributed by atoms with Gasteiger partial charge < -0.3 is 20.1 Å². The van der Waals surface area contributed by atoms with Gasteiger partial charge >= 0.3 is 0 Å². The van der Waals surface area contributed by atoms with E-state index in [1.54, 1.807) is 14.2 Å². The summed E-state index contributed by atoms with van der Waals surface area (Å²) in [6.45, 7) is 4.02. The van der Waals surface area contributed by atoms with E-state index >= 15 is 0 Å². The van der Waals surface area contributed by atoms with Gasteiger partial charge in [0.15, 0.2) is 11.5 Å². The highest BCUT2D eigenvalue weighted by Crippen LogP contribution is 2.41. The van der Waals surface area contributed by atoms with Gasteiger partial charge in [0.2, 0.25) is 5.95 Å². The normalized spacial score (nSPS) is 14.9. The number of para-hydroxylation sites is 2. The third-order valence-corrected chi connectivity index (χ3v) is 6.42. The Hall–Kier alpha value is -4.26. The molecule has 4 aromatic rings. The van der Waals surface area contributed by atoms with E-state index in [0.29, 0.717) is 23.0 Å². The molecule has 0 aliphatic carbocycles. The van der Waals surface area contributed by atoms with Crippen LogP contribution >= 0.6 is 0 Å². The zero-order valence-corrected chi connectivity index (χ0v) is 20.3. The van der Waals surface area contributed by atoms with Crippen LogP contribution in [0.2, 0.25) is 0 Å². The van der Waals surface area contributed by atoms with Gasteiger partial charge in [-0.15, -0.1) is 0 Å². The number of rotatable bonds is 6. The van der Waals surface area contributed by atoms with Gasteiger partial charge in [0.1, 0.15) is 0 Å². The highest BCUT2D eigenvalue weighted by atomic mass is 16.5. The number of aryl methyl sites for hydroxylation is 1. The number of benzene rings is 3. The van der Waals surface area contributed by atoms with Gasteiger partial charge in [0, 0.05) is 11.4 Å². The summed E-state index contributed by atoms with van der Waals surface area (Å²) in [6, 6.07) is 21.2. The molecule has 0 bridgehead atoms. The molecule has 3 aromatic carbocycles. The van der Waals surface area contributed by atoms with E-state index in [0.717, 1.165) is 34.4 Å². The van der Waals surface area contributed by atoms with E-state index in [-0.39, 0.29) is 5.91 Å². The van der Waals surface area contributed by atoms with E-state index in [1.165, 1.54) is 5.56 Å². The summed E-state index contributed by atoms with van der Waals surface area (Å²) in [7, 11) is 3.22. The van der Waals surface area contributed by atoms with E-state index < -0.39 is 6.04 Å². The fourth-order valence-corrected chi connectivity index (χ4v) is 4.62. The van der Waals surface area contributed by atoms with Crippen LogP contribution in [0.3, 0.4) is 0 Å². The second-order valence-corrected chi connectivity index (χ2v) is 8.48. The minimum Gasteiger partial charge on any atom is -0.493 e. The zero-order chi connectivity index (χ0) is 24.5. The molecule has 2 N–H and O–H groups in total. The molecule has 1 aliphatic rings. The molecular weight excluding hydrogens is 440 g/mol. The van der Waals surface area contributed by atoms with Crippen LogP contribution < -0.4 is 20.1 Å². The topological polar surface area (TPSA) is 77.4 Å². The maximum Gasteiger partial charge on any atom is 0.255 e. The lowest BCUT2D eigenvalue weighted by Crippen LogP contribution is -2.31. The summed E-state index contributed by atoms with van der Waals surface area (Å²) in [5.41, 5.74) is 5.99. The molecule has 1 atom stereocenters. The second kappa shape index (κ2) is 9.18. The third kappa shape index (κ3) is 3.99. The summed E-state index contributed by atoms with van der Waals surface area (Å²) in [4.78, 5) is 18.5. The number of carbonyl (C=O) groups is 1. The summed E-state index contributed by atoms with van der Waals surface area (Å²) in [6.07, 6.45) is 0.945. The van der Waals surface area contributed by atoms with E-state index in [2.05, 4.69) is 22.1 Å². The Labute approximate surface area is 204 Å². The predicted octanol–water partition coefficient (Wildman–Crippen LogP) is 5.54. The Morgan fingerprint density at radius 3 is 2.49 bits per heavy atom. The van der Waals surface area contributed by atoms with Crippen molar-refractivity contribution in [2.75, 3.05) is 24.9 Å². The van der Waals surface area contributed by atoms with Crippen molar-refractivity contribution in [2.24, 2.45) is 0 Å². The fourth-order valence-electron chi connectivity index (χ4n) is 4.62. The van der Waals surface area contributed by atoms with Crippen molar-refractivity contribution in [2.45, 2.75) is 26.3 Å². The molecule has 0 saturated heterocycles. The van der Waals surface area contributed by atoms with E-state index in [4.69, 9.17) is 14.5 Å². The molecule has 1 aliphatic heterocycles. The molecule has 7 heteroatoms. The molecule has 0 unspecified atom stereocenters. The number of nitrogens with zero attached hydrogens (tertiary/aromatic N) is 2. The Kier molecular flexibility index (Phi) is 5.91. The smallest absolute Gasteiger partial charge is 0.255 e. The molecule has 5 rings (SSSR count). The predicted molar refractivity (Wildman–Crippen MR) is 138 cm³/mol. The van der Waals surface area contributed by atoms with Gasteiger partial charge in [-0.1, -0.05) is 37.3 Å². The molecule has 2 heterocycles. The largest absolute Gasteiger partial charge is 0.493 e. The average Bonchev–Trinajstić information content (AvgIpc) is 3.25. The van der Waals surface area contributed by atoms with Gasteiger partial charge in [-0.25, -0.2) is 4.98 Å². The first-order chi connectivity index (χ1) is 17.0. The fraction of sp³-hybridized carbons (Fsp3) is 0.214. The first-order valence-electron chi connectivity index (χ1n) is 11.6. The summed E-state index contributed by atoms with van der Waals surface area (Å²) < 4.78 is 13.1. The van der Waals surface area contributed by atoms with Crippen molar-refractivity contribution in [3.63, 3.8) is 0 Å². The SMILES string of the molecule is CCc1ccc(NC(=O)C2=C(C)Nc3nc4ccccc4n3[C@@H]2c2ccc(OC)c(OC)c2)cc1. The number of aromatic nitrogens is 2. The molecule has 35 heavy (non-hydrogen) atoms. The van der Waals surface area contributed by atoms with Crippen LogP contribution in [-0.4, -0.2) is 29.7 Å². The Balaban J connectivity index is 1.65. The Bertz CT molecular complexity index is 1440. The van der Waals surface area contributed by atoms with Crippen LogP contribution in [0.5, 0.6) is 11.5 Å². The number of ether oxygens (including phenoxy) is 2. The summed E-state index contributed by atoms with van der Waals surface area (Å²) in [5.74, 6) is 1.74. The second-order valence-electron chi connectivity index (χ2n) is 8.48. The summed E-state index contributed by atoms with van der Waals surface area (Å²) in [5, 5.41) is 6.44. The lowest BCUT2D eigenvalue weighted by molar-refractivity contribution is -0.113. The number of hydrogen-bond acceptors (Lipinski definition) is 5. The number of fused-ring (bicyclic) bond motifs is 3. The highest BCUT2D eigenvalue weighted by molar-refractivity contribution is 6.06. The molecule has 1 aromatic heterocycles. The van der Waals surface area contributed by atoms with Crippen molar-refractivity contribution < 1.29 is 14.3 Å². The van der Waals surface area contributed by atoms with Crippen LogP contribution in [0.4, 0.5) is 11.6 Å². The molecule has 1 amide bonds. The van der Waals surface area contributed by atoms with Crippen LogP contribution in [0.15, 0.2) is 78.0 Å². The van der Waals surface area contributed by atoms with Gasteiger partial charge in [0.25, 0.3) is 5.91 Å². The van der Waals surface area contributed by atoms with Crippen molar-refractivity contribution in [3.8, 4) is 11.5 Å². The maximum atomic E-state index is 13.8. The van der Waals surface area contributed by atoms with Crippen molar-refractivity contribution in [1.29, 1.82) is 0 Å². The van der Waals surface area contributed by atoms with Crippen molar-refractivity contribution in [1.82, 2.24) is 9.55 Å². The molecule has 0 saturated carbocycles. The number of carbonyl (C=O) groups excluding carboxylic acids is 1. The minimum atomic E-state index is -0.423.